The molecule has 2 fully saturated rings. The van der Waals surface area contributed by atoms with Crippen molar-refractivity contribution < 1.29 is 4.74 Å². The lowest BCUT2D eigenvalue weighted by molar-refractivity contribution is -0.0718. The van der Waals surface area contributed by atoms with Crippen LogP contribution in [0.1, 0.15) is 46.0 Å². The van der Waals surface area contributed by atoms with Crippen LogP contribution in [0, 0.1) is 0 Å². The van der Waals surface area contributed by atoms with E-state index in [1.54, 1.807) is 0 Å². The number of methoxy groups -OCH3 is 1. The highest BCUT2D eigenvalue weighted by molar-refractivity contribution is 4.93. The minimum Gasteiger partial charge on any atom is -0.377 e. The van der Waals surface area contributed by atoms with Crippen LogP contribution < -0.4 is 5.32 Å². The summed E-state index contributed by atoms with van der Waals surface area (Å²) in [5, 5.41) is 3.72. The topological polar surface area (TPSA) is 24.5 Å². The molecule has 1 saturated carbocycles. The fraction of sp³-hybridized carbons (Fsp3) is 1.00. The largest absolute Gasteiger partial charge is 0.377 e. The van der Waals surface area contributed by atoms with E-state index in [0.717, 1.165) is 6.54 Å². The van der Waals surface area contributed by atoms with Crippen molar-refractivity contribution in [2.75, 3.05) is 26.7 Å². The molecule has 0 bridgehead atoms. The highest BCUT2D eigenvalue weighted by Gasteiger charge is 2.37. The van der Waals surface area contributed by atoms with Crippen molar-refractivity contribution in [3.63, 3.8) is 0 Å². The molecule has 0 aromatic heterocycles. The zero-order chi connectivity index (χ0) is 12.3. The summed E-state index contributed by atoms with van der Waals surface area (Å²) in [5.41, 5.74) is 0.176. The molecule has 0 spiro atoms. The van der Waals surface area contributed by atoms with Crippen LogP contribution in [-0.2, 0) is 4.74 Å². The Morgan fingerprint density at radius 2 is 1.94 bits per heavy atom. The first-order valence-corrected chi connectivity index (χ1v) is 7.18. The molecule has 1 aliphatic heterocycles. The molecule has 17 heavy (non-hydrogen) atoms. The molecule has 1 saturated heterocycles. The summed E-state index contributed by atoms with van der Waals surface area (Å²) < 4.78 is 5.65. The standard InChI is InChI=1S/C14H28N2O/c1-12(2)16-9-5-13(6-10-16)15-11-14(17-3)7-4-8-14/h12-13,15H,4-11H2,1-3H3. The van der Waals surface area contributed by atoms with Crippen LogP contribution in [0.25, 0.3) is 0 Å². The Morgan fingerprint density at radius 1 is 1.29 bits per heavy atom. The van der Waals surface area contributed by atoms with Crippen LogP contribution in [0.3, 0.4) is 0 Å². The number of hydrogen-bond acceptors (Lipinski definition) is 3. The van der Waals surface area contributed by atoms with Gasteiger partial charge in [-0.1, -0.05) is 0 Å². The average molecular weight is 240 g/mol. The zero-order valence-corrected chi connectivity index (χ0v) is 11.7. The highest BCUT2D eigenvalue weighted by atomic mass is 16.5. The summed E-state index contributed by atoms with van der Waals surface area (Å²) in [6, 6.07) is 1.41. The second kappa shape index (κ2) is 5.68. The van der Waals surface area contributed by atoms with E-state index >= 15 is 0 Å². The molecule has 1 aliphatic carbocycles. The Balaban J connectivity index is 1.68. The first-order chi connectivity index (χ1) is 8.15. The fourth-order valence-electron chi connectivity index (χ4n) is 2.97. The van der Waals surface area contributed by atoms with Gasteiger partial charge < -0.3 is 15.0 Å². The van der Waals surface area contributed by atoms with E-state index in [4.69, 9.17) is 4.74 Å². The van der Waals surface area contributed by atoms with Crippen LogP contribution in [0.4, 0.5) is 0 Å². The average Bonchev–Trinajstić information content (AvgIpc) is 2.29. The summed E-state index contributed by atoms with van der Waals surface area (Å²) >= 11 is 0. The van der Waals surface area contributed by atoms with Crippen molar-refractivity contribution in [3.8, 4) is 0 Å². The molecular weight excluding hydrogens is 212 g/mol. The third kappa shape index (κ3) is 3.21. The van der Waals surface area contributed by atoms with Crippen molar-refractivity contribution in [3.05, 3.63) is 0 Å². The normalized spacial score (nSPS) is 26.1. The van der Waals surface area contributed by atoms with E-state index in [-0.39, 0.29) is 5.60 Å². The second-order valence-corrected chi connectivity index (χ2v) is 6.03. The quantitative estimate of drug-likeness (QED) is 0.795. The first kappa shape index (κ1) is 13.3. The highest BCUT2D eigenvalue weighted by Crippen LogP contribution is 2.34. The van der Waals surface area contributed by atoms with Crippen LogP contribution >= 0.6 is 0 Å². The number of likely N-dealkylation sites (tertiary alicyclic amines) is 1. The van der Waals surface area contributed by atoms with E-state index in [2.05, 4.69) is 24.1 Å². The van der Waals surface area contributed by atoms with Crippen LogP contribution in [0.15, 0.2) is 0 Å². The first-order valence-electron chi connectivity index (χ1n) is 7.18. The molecule has 1 heterocycles. The third-order valence-corrected chi connectivity index (χ3v) is 4.67. The third-order valence-electron chi connectivity index (χ3n) is 4.67. The Kier molecular flexibility index (Phi) is 4.45. The van der Waals surface area contributed by atoms with Crippen LogP contribution in [0.2, 0.25) is 0 Å². The van der Waals surface area contributed by atoms with E-state index in [9.17, 15) is 0 Å². The number of nitrogens with one attached hydrogen (secondary N) is 1. The van der Waals surface area contributed by atoms with Gasteiger partial charge in [0.1, 0.15) is 0 Å². The molecule has 2 rings (SSSR count). The van der Waals surface area contributed by atoms with Crippen molar-refractivity contribution in [1.29, 1.82) is 0 Å². The van der Waals surface area contributed by atoms with Gasteiger partial charge in [-0.15, -0.1) is 0 Å². The van der Waals surface area contributed by atoms with Gasteiger partial charge >= 0.3 is 0 Å². The molecule has 1 N–H and O–H groups in total. The molecule has 0 amide bonds. The summed E-state index contributed by atoms with van der Waals surface area (Å²) in [7, 11) is 1.86. The number of piperidine rings is 1. The van der Waals surface area contributed by atoms with Gasteiger partial charge in [-0.05, 0) is 59.0 Å². The monoisotopic (exact) mass is 240 g/mol. The van der Waals surface area contributed by atoms with Gasteiger partial charge in [-0.3, -0.25) is 0 Å². The molecule has 0 aromatic rings. The minimum atomic E-state index is 0.176. The van der Waals surface area contributed by atoms with Crippen molar-refractivity contribution >= 4 is 0 Å². The second-order valence-electron chi connectivity index (χ2n) is 6.03. The maximum atomic E-state index is 5.65. The number of ether oxygens (including phenoxy) is 1. The fourth-order valence-corrected chi connectivity index (χ4v) is 2.97. The van der Waals surface area contributed by atoms with Crippen molar-refractivity contribution in [2.24, 2.45) is 0 Å². The van der Waals surface area contributed by atoms with Gasteiger partial charge in [0.2, 0.25) is 0 Å². The molecule has 3 nitrogen and oxygen atoms in total. The van der Waals surface area contributed by atoms with Crippen molar-refractivity contribution in [2.45, 2.75) is 63.6 Å². The van der Waals surface area contributed by atoms with Gasteiger partial charge in [0.25, 0.3) is 0 Å². The lowest BCUT2D eigenvalue weighted by atomic mass is 9.79. The molecule has 0 unspecified atom stereocenters. The molecule has 3 heteroatoms. The Bertz CT molecular complexity index is 225. The van der Waals surface area contributed by atoms with Gasteiger partial charge in [-0.2, -0.15) is 0 Å². The van der Waals surface area contributed by atoms with Crippen LogP contribution in [-0.4, -0.2) is 49.3 Å². The smallest absolute Gasteiger partial charge is 0.0802 e. The number of rotatable bonds is 5. The Hall–Kier alpha value is -0.120. The Morgan fingerprint density at radius 3 is 2.35 bits per heavy atom. The summed E-state index contributed by atoms with van der Waals surface area (Å²) in [5.74, 6) is 0. The van der Waals surface area contributed by atoms with E-state index in [1.165, 1.54) is 45.2 Å². The maximum absolute atomic E-state index is 5.65. The minimum absolute atomic E-state index is 0.176. The molecule has 100 valence electrons. The predicted octanol–water partition coefficient (Wildman–Crippen LogP) is 2.02. The summed E-state index contributed by atoms with van der Waals surface area (Å²) in [4.78, 5) is 2.58. The van der Waals surface area contributed by atoms with Crippen LogP contribution in [0.5, 0.6) is 0 Å². The maximum Gasteiger partial charge on any atom is 0.0802 e. The van der Waals surface area contributed by atoms with E-state index in [1.807, 2.05) is 7.11 Å². The lowest BCUT2D eigenvalue weighted by Gasteiger charge is -2.43. The molecular formula is C14H28N2O. The molecule has 0 aromatic carbocycles. The number of hydrogen-bond donors (Lipinski definition) is 1. The predicted molar refractivity (Wildman–Crippen MR) is 71.3 cm³/mol. The summed E-state index contributed by atoms with van der Waals surface area (Å²) in [6.45, 7) is 8.13. The Labute approximate surface area is 106 Å². The number of nitrogens with zero attached hydrogens (tertiary/aromatic N) is 1. The summed E-state index contributed by atoms with van der Waals surface area (Å²) in [6.07, 6.45) is 6.39. The molecule has 0 atom stereocenters. The van der Waals surface area contributed by atoms with E-state index < -0.39 is 0 Å². The zero-order valence-electron chi connectivity index (χ0n) is 11.7. The van der Waals surface area contributed by atoms with Crippen molar-refractivity contribution in [1.82, 2.24) is 10.2 Å². The van der Waals surface area contributed by atoms with Gasteiger partial charge in [0, 0.05) is 25.7 Å². The van der Waals surface area contributed by atoms with Gasteiger partial charge in [0.05, 0.1) is 5.60 Å². The molecule has 2 aliphatic rings. The van der Waals surface area contributed by atoms with Gasteiger partial charge in [-0.25, -0.2) is 0 Å². The molecule has 0 radical (unpaired) electrons. The van der Waals surface area contributed by atoms with Gasteiger partial charge in [0.15, 0.2) is 0 Å². The van der Waals surface area contributed by atoms with E-state index in [0.29, 0.717) is 12.1 Å². The SMILES string of the molecule is COC1(CNC2CCN(C(C)C)CC2)CCC1. The lowest BCUT2D eigenvalue weighted by Crippen LogP contribution is -2.52.